The smallest absolute Gasteiger partial charge is 0.206 e. The molecule has 0 bridgehead atoms. The van der Waals surface area contributed by atoms with Gasteiger partial charge in [-0.1, -0.05) is 38.9 Å². The van der Waals surface area contributed by atoms with Crippen molar-refractivity contribution in [2.75, 3.05) is 0 Å². The van der Waals surface area contributed by atoms with E-state index in [0.717, 1.165) is 0 Å². The van der Waals surface area contributed by atoms with E-state index in [1.807, 2.05) is 14.2 Å². The Kier molecular flexibility index (Phi) is 3.16. The van der Waals surface area contributed by atoms with Gasteiger partial charge in [-0.15, -0.1) is 0 Å². The average molecular weight is 332 g/mol. The predicted molar refractivity (Wildman–Crippen MR) is 70.9 cm³/mol. The van der Waals surface area contributed by atoms with Crippen molar-refractivity contribution in [1.82, 2.24) is 0 Å². The van der Waals surface area contributed by atoms with Gasteiger partial charge in [0.1, 0.15) is 0 Å². The minimum atomic E-state index is -3.30. The Morgan fingerprint density at radius 1 is 1.07 bits per heavy atom. The number of allylic oxidation sites excluding steroid dienone is 2. The van der Waals surface area contributed by atoms with E-state index >= 15 is 0 Å². The van der Waals surface area contributed by atoms with Crippen LogP contribution >= 0.6 is 20.7 Å². The van der Waals surface area contributed by atoms with E-state index in [-0.39, 0.29) is 20.7 Å². The van der Waals surface area contributed by atoms with Crippen LogP contribution in [0.3, 0.4) is 0 Å². The number of halogens is 1. The molecule has 2 nitrogen and oxygen atoms in total. The summed E-state index contributed by atoms with van der Waals surface area (Å²) in [6.45, 7) is 0. The van der Waals surface area contributed by atoms with Gasteiger partial charge in [0.15, 0.2) is 0 Å². The molecule has 2 rings (SSSR count). The molecule has 0 spiro atoms. The number of sulfone groups is 1. The van der Waals surface area contributed by atoms with Gasteiger partial charge in [0.2, 0.25) is 9.84 Å². The third-order valence-electron chi connectivity index (χ3n) is 1.96. The van der Waals surface area contributed by atoms with Crippen molar-refractivity contribution in [2.45, 2.75) is 4.90 Å². The molecule has 0 aromatic heterocycles. The van der Waals surface area contributed by atoms with Crippen molar-refractivity contribution >= 4 is 34.6 Å². The lowest BCUT2D eigenvalue weighted by Crippen LogP contribution is -2.03. The van der Waals surface area contributed by atoms with Crippen molar-refractivity contribution in [2.24, 2.45) is 0 Å². The van der Waals surface area contributed by atoms with Gasteiger partial charge in [0.25, 0.3) is 0 Å². The van der Waals surface area contributed by atoms with E-state index in [9.17, 15) is 8.42 Å². The summed E-state index contributed by atoms with van der Waals surface area (Å²) >= 11 is -0.0773. The van der Waals surface area contributed by atoms with Crippen molar-refractivity contribution < 1.29 is 8.42 Å². The Morgan fingerprint density at radius 3 is 2.40 bits per heavy atom. The van der Waals surface area contributed by atoms with E-state index in [4.69, 9.17) is 0 Å². The summed E-state index contributed by atoms with van der Waals surface area (Å²) in [6, 6.07) is 8.51. The van der Waals surface area contributed by atoms with E-state index in [2.05, 4.69) is 0 Å². The molecule has 0 saturated carbocycles. The fourth-order valence-corrected chi connectivity index (χ4v) is 4.41. The summed E-state index contributed by atoms with van der Waals surface area (Å²) in [6.07, 6.45) is 3.41. The fourth-order valence-electron chi connectivity index (χ4n) is 1.21. The van der Waals surface area contributed by atoms with E-state index < -0.39 is 9.84 Å². The highest BCUT2D eigenvalue weighted by molar-refractivity contribution is 14.2. The summed E-state index contributed by atoms with van der Waals surface area (Å²) in [5.41, 5.74) is 0. The molecule has 0 atom stereocenters. The van der Waals surface area contributed by atoms with Crippen molar-refractivity contribution in [3.63, 3.8) is 0 Å². The minimum absolute atomic E-state index is 0.0773. The van der Waals surface area contributed by atoms with Crippen LogP contribution in [0.2, 0.25) is 0 Å². The van der Waals surface area contributed by atoms with Gasteiger partial charge < -0.3 is 0 Å². The molecule has 0 N–H and O–H groups in total. The Morgan fingerprint density at radius 2 is 1.80 bits per heavy atom. The molecule has 4 heteroatoms. The highest BCUT2D eigenvalue weighted by atomic mass is 127. The SMILES string of the molecule is O=S(=O)(C1=CC=IC=C1)c1ccccc1. The summed E-state index contributed by atoms with van der Waals surface area (Å²) in [5, 5.41) is 0. The molecular weight excluding hydrogens is 323 g/mol. The van der Waals surface area contributed by atoms with Crippen LogP contribution in [0.15, 0.2) is 56.4 Å². The Hall–Kier alpha value is -0.750. The van der Waals surface area contributed by atoms with Crippen LogP contribution in [-0.2, 0) is 9.84 Å². The van der Waals surface area contributed by atoms with Crippen LogP contribution in [-0.4, -0.2) is 12.4 Å². The van der Waals surface area contributed by atoms with E-state index in [0.29, 0.717) is 9.80 Å². The van der Waals surface area contributed by atoms with Crippen LogP contribution in [0.4, 0.5) is 0 Å². The molecule has 0 unspecified atom stereocenters. The van der Waals surface area contributed by atoms with Crippen molar-refractivity contribution in [3.05, 3.63) is 51.5 Å². The third-order valence-corrected chi connectivity index (χ3v) is 5.30. The van der Waals surface area contributed by atoms with Crippen LogP contribution < -0.4 is 0 Å². The molecule has 0 saturated heterocycles. The first kappa shape index (κ1) is 10.8. The van der Waals surface area contributed by atoms with Crippen LogP contribution in [0.5, 0.6) is 0 Å². The molecular formula is C11H9IO2S. The summed E-state index contributed by atoms with van der Waals surface area (Å²) in [7, 11) is -3.30. The number of benzene rings is 1. The first-order valence-electron chi connectivity index (χ1n) is 4.33. The fraction of sp³-hybridized carbons (Fsp3) is 0. The lowest BCUT2D eigenvalue weighted by molar-refractivity contribution is 0.603. The second-order valence-electron chi connectivity index (χ2n) is 2.93. The molecule has 1 aliphatic rings. The number of rotatable bonds is 2. The van der Waals surface area contributed by atoms with Gasteiger partial charge in [0.05, 0.1) is 9.80 Å². The van der Waals surface area contributed by atoms with Gasteiger partial charge in [-0.2, -0.15) is 0 Å². The van der Waals surface area contributed by atoms with Gasteiger partial charge in [-0.3, -0.25) is 0 Å². The lowest BCUT2D eigenvalue weighted by atomic mass is 10.4. The second-order valence-corrected chi connectivity index (χ2v) is 7.04. The first-order valence-corrected chi connectivity index (χ1v) is 8.31. The molecule has 1 aliphatic heterocycles. The van der Waals surface area contributed by atoms with Gasteiger partial charge in [0, 0.05) is 0 Å². The topological polar surface area (TPSA) is 34.1 Å². The van der Waals surface area contributed by atoms with Crippen molar-refractivity contribution in [1.29, 1.82) is 0 Å². The highest BCUT2D eigenvalue weighted by Gasteiger charge is 2.17. The van der Waals surface area contributed by atoms with Crippen LogP contribution in [0.1, 0.15) is 0 Å². The maximum absolute atomic E-state index is 12.1. The summed E-state index contributed by atoms with van der Waals surface area (Å²) in [5.74, 6) is 0. The van der Waals surface area contributed by atoms with Gasteiger partial charge >= 0.3 is 0 Å². The largest absolute Gasteiger partial charge is 0.219 e. The number of hydrogen-bond acceptors (Lipinski definition) is 2. The lowest BCUT2D eigenvalue weighted by Gasteiger charge is -2.05. The van der Waals surface area contributed by atoms with Gasteiger partial charge in [-0.05, 0) is 32.4 Å². The molecule has 0 amide bonds. The third kappa shape index (κ3) is 2.26. The monoisotopic (exact) mass is 332 g/mol. The molecule has 0 fully saturated rings. The summed E-state index contributed by atoms with van der Waals surface area (Å²) < 4.78 is 28.0. The number of hydrogen-bond donors (Lipinski definition) is 0. The Labute approximate surface area is 99.0 Å². The average Bonchev–Trinajstić information content (AvgIpc) is 2.31. The summed E-state index contributed by atoms with van der Waals surface area (Å²) in [4.78, 5) is 0.744. The second kappa shape index (κ2) is 4.40. The highest BCUT2D eigenvalue weighted by Crippen LogP contribution is 2.22. The predicted octanol–water partition coefficient (Wildman–Crippen LogP) is 2.64. The van der Waals surface area contributed by atoms with Crippen molar-refractivity contribution in [3.8, 4) is 0 Å². The van der Waals surface area contributed by atoms with Crippen LogP contribution in [0.25, 0.3) is 0 Å². The normalized spacial score (nSPS) is 15.6. The molecule has 0 aliphatic carbocycles. The molecule has 15 heavy (non-hydrogen) atoms. The van der Waals surface area contributed by atoms with Crippen LogP contribution in [0, 0.1) is 0 Å². The molecule has 1 aromatic carbocycles. The standard InChI is InChI=1S/C11H9IO2S/c13-15(14,10-4-2-1-3-5-10)11-6-8-12-9-7-11/h1-9H. The minimum Gasteiger partial charge on any atom is -0.219 e. The quantitative estimate of drug-likeness (QED) is 0.781. The molecule has 1 heterocycles. The zero-order valence-corrected chi connectivity index (χ0v) is 10.8. The zero-order chi connectivity index (χ0) is 10.7. The molecule has 78 valence electrons. The van der Waals surface area contributed by atoms with Gasteiger partial charge in [-0.25, -0.2) is 8.42 Å². The Bertz CT molecular complexity index is 539. The Balaban J connectivity index is 2.50. The first-order chi connectivity index (χ1) is 7.21. The molecule has 0 radical (unpaired) electrons. The zero-order valence-electron chi connectivity index (χ0n) is 7.80. The maximum Gasteiger partial charge on any atom is 0.206 e. The van der Waals surface area contributed by atoms with E-state index in [1.54, 1.807) is 36.4 Å². The maximum atomic E-state index is 12.1. The van der Waals surface area contributed by atoms with E-state index in [1.165, 1.54) is 0 Å². The molecule has 1 aromatic rings.